The molecule has 2 heterocycles. The number of para-hydroxylation sites is 1. The predicted octanol–water partition coefficient (Wildman–Crippen LogP) is 4.01. The molecule has 0 aliphatic carbocycles. The van der Waals surface area contributed by atoms with Crippen LogP contribution >= 0.6 is 0 Å². The number of Topliss-reactive ketones (excluding diaryl/α,β-unsaturated/α-hetero) is 1. The molecule has 1 aromatic heterocycles. The van der Waals surface area contributed by atoms with Crippen molar-refractivity contribution in [3.05, 3.63) is 71.9 Å². The largest absolute Gasteiger partial charge is 0.353 e. The summed E-state index contributed by atoms with van der Waals surface area (Å²) in [7, 11) is 0. The van der Waals surface area contributed by atoms with E-state index in [1.807, 2.05) is 41.1 Å². The van der Waals surface area contributed by atoms with Crippen LogP contribution in [0.15, 0.2) is 60.8 Å². The van der Waals surface area contributed by atoms with Gasteiger partial charge >= 0.3 is 0 Å². The summed E-state index contributed by atoms with van der Waals surface area (Å²) in [6.07, 6.45) is 4.27. The molecule has 1 amide bonds. The number of ketones is 1. The maximum atomic E-state index is 12.5. The zero-order valence-corrected chi connectivity index (χ0v) is 17.5. The van der Waals surface area contributed by atoms with Crippen molar-refractivity contribution in [2.45, 2.75) is 45.3 Å². The Bertz CT molecular complexity index is 1020. The van der Waals surface area contributed by atoms with Crippen LogP contribution in [0.1, 0.15) is 42.1 Å². The average molecular weight is 404 g/mol. The third kappa shape index (κ3) is 4.79. The van der Waals surface area contributed by atoms with Crippen LogP contribution in [-0.4, -0.2) is 40.3 Å². The van der Waals surface area contributed by atoms with E-state index >= 15 is 0 Å². The Morgan fingerprint density at radius 3 is 2.43 bits per heavy atom. The second-order valence-corrected chi connectivity index (χ2v) is 8.16. The van der Waals surface area contributed by atoms with Crippen LogP contribution in [0.25, 0.3) is 10.9 Å². The van der Waals surface area contributed by atoms with Crippen molar-refractivity contribution >= 4 is 22.6 Å². The fraction of sp³-hybridized carbons (Fsp3) is 0.360. The molecule has 1 N–H and O–H groups in total. The SMILES string of the molecule is CC(=O)c1cn(CCC(=O)NC2CCN(Cc3ccccc3)CC2)c2ccccc12. The van der Waals surface area contributed by atoms with Crippen molar-refractivity contribution in [1.29, 1.82) is 0 Å². The summed E-state index contributed by atoms with van der Waals surface area (Å²) in [5.41, 5.74) is 3.06. The van der Waals surface area contributed by atoms with E-state index in [-0.39, 0.29) is 17.7 Å². The number of fused-ring (bicyclic) bond motifs is 1. The Balaban J connectivity index is 1.27. The summed E-state index contributed by atoms with van der Waals surface area (Å²) in [4.78, 5) is 26.9. The number of carbonyl (C=O) groups excluding carboxylic acids is 2. The highest BCUT2D eigenvalue weighted by Crippen LogP contribution is 2.22. The molecular weight excluding hydrogens is 374 g/mol. The minimum absolute atomic E-state index is 0.0525. The lowest BCUT2D eigenvalue weighted by Crippen LogP contribution is -2.44. The van der Waals surface area contributed by atoms with E-state index in [9.17, 15) is 9.59 Å². The minimum Gasteiger partial charge on any atom is -0.353 e. The monoisotopic (exact) mass is 403 g/mol. The number of amides is 1. The van der Waals surface area contributed by atoms with Crippen molar-refractivity contribution < 1.29 is 9.59 Å². The first-order chi connectivity index (χ1) is 14.6. The Hall–Kier alpha value is -2.92. The molecular formula is C25H29N3O2. The Kier molecular flexibility index (Phi) is 6.29. The molecule has 1 fully saturated rings. The standard InChI is InChI=1S/C25H29N3O2/c1-19(29)23-18-28(24-10-6-5-9-22(23)24)16-13-25(30)26-21-11-14-27(15-12-21)17-20-7-3-2-4-8-20/h2-10,18,21H,11-17H2,1H3,(H,26,30). The fourth-order valence-electron chi connectivity index (χ4n) is 4.31. The van der Waals surface area contributed by atoms with Crippen molar-refractivity contribution in [3.63, 3.8) is 0 Å². The van der Waals surface area contributed by atoms with Gasteiger partial charge in [-0.3, -0.25) is 14.5 Å². The summed E-state index contributed by atoms with van der Waals surface area (Å²) in [6, 6.07) is 18.6. The highest BCUT2D eigenvalue weighted by Gasteiger charge is 2.21. The number of hydrogen-bond donors (Lipinski definition) is 1. The zero-order valence-electron chi connectivity index (χ0n) is 17.5. The van der Waals surface area contributed by atoms with Crippen molar-refractivity contribution in [1.82, 2.24) is 14.8 Å². The maximum absolute atomic E-state index is 12.5. The van der Waals surface area contributed by atoms with Gasteiger partial charge in [0.05, 0.1) is 0 Å². The molecule has 1 saturated heterocycles. The topological polar surface area (TPSA) is 54.3 Å². The summed E-state index contributed by atoms with van der Waals surface area (Å²) in [5, 5.41) is 4.16. The molecule has 0 radical (unpaired) electrons. The minimum atomic E-state index is 0.0525. The summed E-state index contributed by atoms with van der Waals surface area (Å²) in [6.45, 7) is 5.14. The van der Waals surface area contributed by atoms with Crippen LogP contribution in [0.4, 0.5) is 0 Å². The number of benzene rings is 2. The van der Waals surface area contributed by atoms with E-state index in [1.165, 1.54) is 5.56 Å². The molecule has 30 heavy (non-hydrogen) atoms. The number of likely N-dealkylation sites (tertiary alicyclic amines) is 1. The molecule has 4 rings (SSSR count). The molecule has 1 aliphatic heterocycles. The molecule has 5 heteroatoms. The fourth-order valence-corrected chi connectivity index (χ4v) is 4.31. The van der Waals surface area contributed by atoms with Crippen molar-refractivity contribution in [2.75, 3.05) is 13.1 Å². The molecule has 156 valence electrons. The molecule has 0 saturated carbocycles. The quantitative estimate of drug-likeness (QED) is 0.607. The third-order valence-corrected chi connectivity index (χ3v) is 5.95. The molecule has 5 nitrogen and oxygen atoms in total. The summed E-state index contributed by atoms with van der Waals surface area (Å²) in [5.74, 6) is 0.135. The Morgan fingerprint density at radius 1 is 1.00 bits per heavy atom. The molecule has 0 unspecified atom stereocenters. The molecule has 0 atom stereocenters. The molecule has 0 spiro atoms. The van der Waals surface area contributed by atoms with Crippen molar-refractivity contribution in [2.24, 2.45) is 0 Å². The number of piperidine rings is 1. The number of aryl methyl sites for hydroxylation is 1. The van der Waals surface area contributed by atoms with E-state index in [0.29, 0.717) is 13.0 Å². The number of nitrogens with zero attached hydrogens (tertiary/aromatic N) is 2. The van der Waals surface area contributed by atoms with Crippen LogP contribution in [-0.2, 0) is 17.9 Å². The normalized spacial score (nSPS) is 15.4. The summed E-state index contributed by atoms with van der Waals surface area (Å²) < 4.78 is 2.02. The molecule has 3 aromatic rings. The first kappa shape index (κ1) is 20.4. The number of nitrogens with one attached hydrogen (secondary N) is 1. The maximum Gasteiger partial charge on any atom is 0.222 e. The zero-order chi connectivity index (χ0) is 20.9. The number of aromatic nitrogens is 1. The van der Waals surface area contributed by atoms with E-state index in [4.69, 9.17) is 0 Å². The molecule has 2 aromatic carbocycles. The van der Waals surface area contributed by atoms with Gasteiger partial charge in [0.25, 0.3) is 0 Å². The first-order valence-corrected chi connectivity index (χ1v) is 10.7. The Morgan fingerprint density at radius 2 is 1.70 bits per heavy atom. The van der Waals surface area contributed by atoms with E-state index in [1.54, 1.807) is 6.92 Å². The van der Waals surface area contributed by atoms with Crippen LogP contribution in [0.3, 0.4) is 0 Å². The van der Waals surface area contributed by atoms with Crippen LogP contribution in [0.5, 0.6) is 0 Å². The molecule has 0 bridgehead atoms. The van der Waals surface area contributed by atoms with E-state index in [2.05, 4.69) is 34.5 Å². The second-order valence-electron chi connectivity index (χ2n) is 8.16. The second kappa shape index (κ2) is 9.26. The van der Waals surface area contributed by atoms with Crippen LogP contribution in [0, 0.1) is 0 Å². The predicted molar refractivity (Wildman–Crippen MR) is 119 cm³/mol. The lowest BCUT2D eigenvalue weighted by molar-refractivity contribution is -0.122. The van der Waals surface area contributed by atoms with Crippen LogP contribution in [0.2, 0.25) is 0 Å². The highest BCUT2D eigenvalue weighted by atomic mass is 16.1. The van der Waals surface area contributed by atoms with Gasteiger partial charge in [0.1, 0.15) is 0 Å². The van der Waals surface area contributed by atoms with Gasteiger partial charge in [0.15, 0.2) is 5.78 Å². The van der Waals surface area contributed by atoms with Gasteiger partial charge in [-0.05, 0) is 31.4 Å². The highest BCUT2D eigenvalue weighted by molar-refractivity contribution is 6.06. The average Bonchev–Trinajstić information content (AvgIpc) is 3.14. The van der Waals surface area contributed by atoms with E-state index < -0.39 is 0 Å². The third-order valence-electron chi connectivity index (χ3n) is 5.95. The van der Waals surface area contributed by atoms with Crippen LogP contribution < -0.4 is 5.32 Å². The summed E-state index contributed by atoms with van der Waals surface area (Å²) >= 11 is 0. The van der Waals surface area contributed by atoms with Gasteiger partial charge < -0.3 is 9.88 Å². The Labute approximate surface area is 177 Å². The smallest absolute Gasteiger partial charge is 0.222 e. The van der Waals surface area contributed by atoms with E-state index in [0.717, 1.165) is 48.9 Å². The first-order valence-electron chi connectivity index (χ1n) is 10.7. The number of hydrogen-bond acceptors (Lipinski definition) is 3. The van der Waals surface area contributed by atoms with Gasteiger partial charge in [-0.1, -0.05) is 48.5 Å². The van der Waals surface area contributed by atoms with Gasteiger partial charge in [-0.25, -0.2) is 0 Å². The lowest BCUT2D eigenvalue weighted by Gasteiger charge is -2.32. The van der Waals surface area contributed by atoms with Gasteiger partial charge in [-0.15, -0.1) is 0 Å². The van der Waals surface area contributed by atoms with Crippen molar-refractivity contribution in [3.8, 4) is 0 Å². The van der Waals surface area contributed by atoms with Gasteiger partial charge in [0, 0.05) is 61.3 Å². The van der Waals surface area contributed by atoms with Gasteiger partial charge in [-0.2, -0.15) is 0 Å². The molecule has 1 aliphatic rings. The number of carbonyl (C=O) groups is 2. The lowest BCUT2D eigenvalue weighted by atomic mass is 10.0. The number of rotatable bonds is 7. The van der Waals surface area contributed by atoms with Gasteiger partial charge in [0.2, 0.25) is 5.91 Å².